The van der Waals surface area contributed by atoms with E-state index in [0.29, 0.717) is 16.9 Å². The van der Waals surface area contributed by atoms with Crippen LogP contribution in [0, 0.1) is 6.92 Å². The van der Waals surface area contributed by atoms with Gasteiger partial charge in [-0.2, -0.15) is 0 Å². The maximum atomic E-state index is 12.8. The van der Waals surface area contributed by atoms with Gasteiger partial charge in [0.1, 0.15) is 0 Å². The second-order valence-electron chi connectivity index (χ2n) is 5.84. The fourth-order valence-corrected chi connectivity index (χ4v) is 3.38. The molecular formula is C19H18N2O3S. The summed E-state index contributed by atoms with van der Waals surface area (Å²) in [6, 6.07) is 18.3. The van der Waals surface area contributed by atoms with Crippen molar-refractivity contribution in [3.05, 3.63) is 71.8 Å². The predicted molar refractivity (Wildman–Crippen MR) is 102 cm³/mol. The number of anilines is 2. The molecule has 1 amide bonds. The molecule has 0 atom stereocenters. The van der Waals surface area contributed by atoms with Crippen LogP contribution >= 0.6 is 0 Å². The first-order chi connectivity index (χ1) is 11.8. The third-order valence-corrected chi connectivity index (χ3v) is 4.45. The van der Waals surface area contributed by atoms with E-state index in [9.17, 15) is 13.2 Å². The van der Waals surface area contributed by atoms with Crippen LogP contribution in [0.1, 0.15) is 15.9 Å². The molecule has 25 heavy (non-hydrogen) atoms. The largest absolute Gasteiger partial charge is 0.322 e. The highest BCUT2D eigenvalue weighted by atomic mass is 32.2. The number of hydrogen-bond acceptors (Lipinski definition) is 3. The number of carbonyl (C=O) groups is 1. The topological polar surface area (TPSA) is 75.3 Å². The lowest BCUT2D eigenvalue weighted by Crippen LogP contribution is -2.18. The molecule has 0 aliphatic rings. The number of amides is 1. The lowest BCUT2D eigenvalue weighted by Gasteiger charge is -2.16. The van der Waals surface area contributed by atoms with Crippen molar-refractivity contribution in [2.45, 2.75) is 6.92 Å². The minimum Gasteiger partial charge on any atom is -0.322 e. The van der Waals surface area contributed by atoms with Crippen LogP contribution in [0.5, 0.6) is 0 Å². The Morgan fingerprint density at radius 2 is 1.60 bits per heavy atom. The second-order valence-corrected chi connectivity index (χ2v) is 7.59. The fraction of sp³-hybridized carbons (Fsp3) is 0.105. The van der Waals surface area contributed by atoms with E-state index in [1.807, 2.05) is 42.5 Å². The molecule has 0 saturated carbocycles. The van der Waals surface area contributed by atoms with Crippen LogP contribution in [0.3, 0.4) is 0 Å². The van der Waals surface area contributed by atoms with Crippen molar-refractivity contribution >= 4 is 38.1 Å². The third-order valence-electron chi connectivity index (χ3n) is 3.87. The number of hydrogen-bond donors (Lipinski definition) is 2. The Morgan fingerprint density at radius 1 is 0.960 bits per heavy atom. The smallest absolute Gasteiger partial charge is 0.257 e. The summed E-state index contributed by atoms with van der Waals surface area (Å²) in [6.07, 6.45) is 1.07. The zero-order valence-electron chi connectivity index (χ0n) is 13.9. The quantitative estimate of drug-likeness (QED) is 0.749. The molecule has 0 aromatic heterocycles. The minimum atomic E-state index is -3.53. The predicted octanol–water partition coefficient (Wildman–Crippen LogP) is 3.77. The van der Waals surface area contributed by atoms with Crippen molar-refractivity contribution < 1.29 is 13.2 Å². The molecule has 0 saturated heterocycles. The number of para-hydroxylation sites is 1. The molecule has 0 radical (unpaired) electrons. The molecule has 3 aromatic carbocycles. The standard InChI is InChI=1S/C19H18N2O3S/c1-13-16-11-7-6-8-14(16)12-17(18(13)21-25(2,23)24)19(22)20-15-9-4-3-5-10-15/h3-12,21H,1-2H3,(H,20,22). The van der Waals surface area contributed by atoms with Gasteiger partial charge in [0.25, 0.3) is 5.91 Å². The molecular weight excluding hydrogens is 336 g/mol. The fourth-order valence-electron chi connectivity index (χ4n) is 2.74. The monoisotopic (exact) mass is 354 g/mol. The van der Waals surface area contributed by atoms with Crippen molar-refractivity contribution in [3.8, 4) is 0 Å². The Morgan fingerprint density at radius 3 is 2.28 bits per heavy atom. The van der Waals surface area contributed by atoms with Crippen molar-refractivity contribution in [2.75, 3.05) is 16.3 Å². The normalized spacial score (nSPS) is 11.3. The van der Waals surface area contributed by atoms with Crippen LogP contribution in [0.25, 0.3) is 10.8 Å². The lowest BCUT2D eigenvalue weighted by atomic mass is 9.99. The van der Waals surface area contributed by atoms with E-state index >= 15 is 0 Å². The first kappa shape index (κ1) is 17.0. The maximum Gasteiger partial charge on any atom is 0.257 e. The van der Waals surface area contributed by atoms with Crippen LogP contribution in [0.4, 0.5) is 11.4 Å². The van der Waals surface area contributed by atoms with Crippen LogP contribution in [0.2, 0.25) is 0 Å². The Bertz CT molecular complexity index is 1040. The van der Waals surface area contributed by atoms with E-state index in [1.54, 1.807) is 25.1 Å². The average Bonchev–Trinajstić information content (AvgIpc) is 2.57. The first-order valence-corrected chi connectivity index (χ1v) is 9.61. The summed E-state index contributed by atoms with van der Waals surface area (Å²) in [6.45, 7) is 1.80. The van der Waals surface area contributed by atoms with Gasteiger partial charge in [-0.1, -0.05) is 42.5 Å². The van der Waals surface area contributed by atoms with Gasteiger partial charge in [-0.3, -0.25) is 9.52 Å². The van der Waals surface area contributed by atoms with Gasteiger partial charge in [0.2, 0.25) is 10.0 Å². The summed E-state index contributed by atoms with van der Waals surface area (Å²) in [5.74, 6) is -0.369. The molecule has 0 bridgehead atoms. The van der Waals surface area contributed by atoms with E-state index < -0.39 is 10.0 Å². The van der Waals surface area contributed by atoms with Crippen LogP contribution in [0.15, 0.2) is 60.7 Å². The minimum absolute atomic E-state index is 0.283. The van der Waals surface area contributed by atoms with E-state index in [1.165, 1.54) is 0 Å². The molecule has 3 aromatic rings. The SMILES string of the molecule is Cc1c(NS(C)(=O)=O)c(C(=O)Nc2ccccc2)cc2ccccc12. The number of rotatable bonds is 4. The molecule has 0 aliphatic heterocycles. The van der Waals surface area contributed by atoms with E-state index in [0.717, 1.165) is 17.0 Å². The van der Waals surface area contributed by atoms with Crippen LogP contribution < -0.4 is 10.0 Å². The van der Waals surface area contributed by atoms with Crippen molar-refractivity contribution in [1.29, 1.82) is 0 Å². The molecule has 0 fully saturated rings. The molecule has 0 aliphatic carbocycles. The highest BCUT2D eigenvalue weighted by molar-refractivity contribution is 7.92. The van der Waals surface area contributed by atoms with Crippen molar-refractivity contribution in [2.24, 2.45) is 0 Å². The Labute approximate surface area is 146 Å². The number of sulfonamides is 1. The highest BCUT2D eigenvalue weighted by Gasteiger charge is 2.19. The number of fused-ring (bicyclic) bond motifs is 1. The second kappa shape index (κ2) is 6.57. The van der Waals surface area contributed by atoms with Gasteiger partial charge in [-0.15, -0.1) is 0 Å². The van der Waals surface area contributed by atoms with Gasteiger partial charge in [0.15, 0.2) is 0 Å². The number of benzene rings is 3. The Balaban J connectivity index is 2.14. The molecule has 0 unspecified atom stereocenters. The summed E-state index contributed by atoms with van der Waals surface area (Å²) >= 11 is 0. The zero-order chi connectivity index (χ0) is 18.0. The van der Waals surface area contributed by atoms with Crippen LogP contribution in [-0.2, 0) is 10.0 Å². The van der Waals surface area contributed by atoms with Gasteiger partial charge in [0.05, 0.1) is 17.5 Å². The maximum absolute atomic E-state index is 12.8. The van der Waals surface area contributed by atoms with E-state index in [2.05, 4.69) is 10.0 Å². The van der Waals surface area contributed by atoms with E-state index in [4.69, 9.17) is 0 Å². The lowest BCUT2D eigenvalue weighted by molar-refractivity contribution is 0.102. The van der Waals surface area contributed by atoms with Gasteiger partial charge in [-0.05, 0) is 41.5 Å². The summed E-state index contributed by atoms with van der Waals surface area (Å²) in [5, 5.41) is 4.57. The Kier molecular flexibility index (Phi) is 4.46. The number of nitrogens with one attached hydrogen (secondary N) is 2. The highest BCUT2D eigenvalue weighted by Crippen LogP contribution is 2.31. The molecule has 3 rings (SSSR count). The third kappa shape index (κ3) is 3.80. The summed E-state index contributed by atoms with van der Waals surface area (Å²) in [4.78, 5) is 12.8. The first-order valence-electron chi connectivity index (χ1n) is 7.72. The van der Waals surface area contributed by atoms with Gasteiger partial charge in [-0.25, -0.2) is 8.42 Å². The summed E-state index contributed by atoms with van der Waals surface area (Å²) in [7, 11) is -3.53. The number of aryl methyl sites for hydroxylation is 1. The van der Waals surface area contributed by atoms with Gasteiger partial charge >= 0.3 is 0 Å². The van der Waals surface area contributed by atoms with Crippen molar-refractivity contribution in [1.82, 2.24) is 0 Å². The van der Waals surface area contributed by atoms with Crippen LogP contribution in [-0.4, -0.2) is 20.6 Å². The summed E-state index contributed by atoms with van der Waals surface area (Å²) < 4.78 is 26.0. The molecule has 0 spiro atoms. The summed E-state index contributed by atoms with van der Waals surface area (Å²) in [5.41, 5.74) is 1.94. The zero-order valence-corrected chi connectivity index (χ0v) is 14.7. The molecule has 5 nitrogen and oxygen atoms in total. The van der Waals surface area contributed by atoms with E-state index in [-0.39, 0.29) is 11.5 Å². The molecule has 2 N–H and O–H groups in total. The molecule has 6 heteroatoms. The van der Waals surface area contributed by atoms with Crippen molar-refractivity contribution in [3.63, 3.8) is 0 Å². The number of carbonyl (C=O) groups excluding carboxylic acids is 1. The average molecular weight is 354 g/mol. The Hall–Kier alpha value is -2.86. The molecule has 128 valence electrons. The van der Waals surface area contributed by atoms with Gasteiger partial charge < -0.3 is 5.32 Å². The van der Waals surface area contributed by atoms with Gasteiger partial charge in [0, 0.05) is 5.69 Å². The molecule has 0 heterocycles.